The molecule has 0 spiro atoms. The zero-order valence-corrected chi connectivity index (χ0v) is 19.0. The van der Waals surface area contributed by atoms with Crippen LogP contribution in [0.3, 0.4) is 0 Å². The molecule has 8 heteroatoms. The Morgan fingerprint density at radius 1 is 1.00 bits per heavy atom. The van der Waals surface area contributed by atoms with Gasteiger partial charge in [0.25, 0.3) is 0 Å². The number of nitrogens with zero attached hydrogens (tertiary/aromatic N) is 1. The van der Waals surface area contributed by atoms with E-state index in [9.17, 15) is 19.5 Å². The molecule has 2 amide bonds. The summed E-state index contributed by atoms with van der Waals surface area (Å²) in [5.74, 6) is -1.95. The van der Waals surface area contributed by atoms with Gasteiger partial charge in [0.2, 0.25) is 5.91 Å². The molecule has 3 aliphatic rings. The lowest BCUT2D eigenvalue weighted by Crippen LogP contribution is -2.50. The summed E-state index contributed by atoms with van der Waals surface area (Å²) in [6.45, 7) is 0.693. The number of hydrogen-bond donors (Lipinski definition) is 2. The molecule has 2 unspecified atom stereocenters. The highest BCUT2D eigenvalue weighted by molar-refractivity contribution is 5.82. The second-order valence-corrected chi connectivity index (χ2v) is 9.30. The molecule has 8 nitrogen and oxygen atoms in total. The van der Waals surface area contributed by atoms with Gasteiger partial charge in [0.15, 0.2) is 0 Å². The van der Waals surface area contributed by atoms with E-state index >= 15 is 0 Å². The molecule has 2 N–H and O–H groups in total. The third kappa shape index (κ3) is 4.03. The zero-order valence-electron chi connectivity index (χ0n) is 19.0. The predicted octanol–water partition coefficient (Wildman–Crippen LogP) is 2.86. The van der Waals surface area contributed by atoms with Gasteiger partial charge in [0.1, 0.15) is 12.5 Å². The van der Waals surface area contributed by atoms with Crippen LogP contribution in [0.15, 0.2) is 48.5 Å². The number of ether oxygens (including phenoxy) is 2. The van der Waals surface area contributed by atoms with Crippen LogP contribution in [-0.4, -0.2) is 66.9 Å². The van der Waals surface area contributed by atoms with E-state index in [4.69, 9.17) is 9.47 Å². The molecule has 2 fully saturated rings. The highest BCUT2D eigenvalue weighted by Gasteiger charge is 2.44. The second kappa shape index (κ2) is 9.10. The highest BCUT2D eigenvalue weighted by atomic mass is 16.5. The standard InChI is InChI=1S/C26H28N2O6/c1-33-23-13-28(12-21(23)25(30)31)24(29)15-10-16(11-15)27-26(32)34-14-22-19-8-4-2-6-17(19)18-7-3-5-9-20(18)22/h2-9,15-16,21-23H,10-14H2,1H3,(H,27,32)(H,30,31). The van der Waals surface area contributed by atoms with Gasteiger partial charge >= 0.3 is 12.1 Å². The maximum atomic E-state index is 12.8. The number of hydrogen-bond acceptors (Lipinski definition) is 5. The molecule has 0 aromatic heterocycles. The van der Waals surface area contributed by atoms with Crippen molar-refractivity contribution >= 4 is 18.0 Å². The molecule has 2 aromatic rings. The number of alkyl carbamates (subject to hydrolysis) is 1. The Bertz CT molecular complexity index is 1070. The van der Waals surface area contributed by atoms with Gasteiger partial charge in [-0.15, -0.1) is 0 Å². The third-order valence-corrected chi connectivity index (χ3v) is 7.35. The van der Waals surface area contributed by atoms with Crippen molar-refractivity contribution in [2.45, 2.75) is 30.9 Å². The number of likely N-dealkylation sites (tertiary alicyclic amines) is 1. The van der Waals surface area contributed by atoms with Crippen LogP contribution in [0, 0.1) is 11.8 Å². The number of carboxylic acids is 1. The average Bonchev–Trinajstić information content (AvgIpc) is 3.39. The van der Waals surface area contributed by atoms with Gasteiger partial charge in [-0.3, -0.25) is 9.59 Å². The summed E-state index contributed by atoms with van der Waals surface area (Å²) >= 11 is 0. The third-order valence-electron chi connectivity index (χ3n) is 7.35. The number of carboxylic acid groups (broad SMARTS) is 1. The number of benzene rings is 2. The highest BCUT2D eigenvalue weighted by Crippen LogP contribution is 2.44. The number of nitrogens with one attached hydrogen (secondary N) is 1. The van der Waals surface area contributed by atoms with E-state index in [1.165, 1.54) is 18.2 Å². The number of amides is 2. The summed E-state index contributed by atoms with van der Waals surface area (Å²) in [5.41, 5.74) is 4.67. The smallest absolute Gasteiger partial charge is 0.407 e. The van der Waals surface area contributed by atoms with Crippen LogP contribution in [0.1, 0.15) is 29.9 Å². The summed E-state index contributed by atoms with van der Waals surface area (Å²) in [4.78, 5) is 38.2. The Labute approximate surface area is 197 Å². The number of carbonyl (C=O) groups excluding carboxylic acids is 2. The Morgan fingerprint density at radius 2 is 1.62 bits per heavy atom. The Morgan fingerprint density at radius 3 is 2.18 bits per heavy atom. The lowest BCUT2D eigenvalue weighted by molar-refractivity contribution is -0.144. The van der Waals surface area contributed by atoms with Gasteiger partial charge in [-0.05, 0) is 35.1 Å². The topological polar surface area (TPSA) is 105 Å². The molecular weight excluding hydrogens is 436 g/mol. The van der Waals surface area contributed by atoms with Crippen LogP contribution in [0.2, 0.25) is 0 Å². The van der Waals surface area contributed by atoms with E-state index in [0.29, 0.717) is 12.8 Å². The number of aliphatic carboxylic acids is 1. The second-order valence-electron chi connectivity index (χ2n) is 9.30. The number of methoxy groups -OCH3 is 1. The first-order valence-corrected chi connectivity index (χ1v) is 11.6. The van der Waals surface area contributed by atoms with Crippen molar-refractivity contribution in [2.24, 2.45) is 11.8 Å². The van der Waals surface area contributed by atoms with Crippen molar-refractivity contribution in [3.05, 3.63) is 59.7 Å². The number of rotatable bonds is 6. The first-order valence-electron chi connectivity index (χ1n) is 11.6. The van der Waals surface area contributed by atoms with Gasteiger partial charge in [-0.1, -0.05) is 48.5 Å². The van der Waals surface area contributed by atoms with Crippen LogP contribution in [0.25, 0.3) is 11.1 Å². The molecule has 1 saturated carbocycles. The van der Waals surface area contributed by atoms with Gasteiger partial charge in [0, 0.05) is 38.1 Å². The number of fused-ring (bicyclic) bond motifs is 3. The maximum absolute atomic E-state index is 12.8. The summed E-state index contributed by atoms with van der Waals surface area (Å²) < 4.78 is 10.8. The molecule has 2 aromatic carbocycles. The first kappa shape index (κ1) is 22.4. The van der Waals surface area contributed by atoms with Crippen LogP contribution in [0.5, 0.6) is 0 Å². The normalized spacial score (nSPS) is 25.3. The van der Waals surface area contributed by atoms with E-state index in [1.54, 1.807) is 4.90 Å². The minimum atomic E-state index is -0.953. The van der Waals surface area contributed by atoms with E-state index in [0.717, 1.165) is 11.1 Å². The van der Waals surface area contributed by atoms with Gasteiger partial charge in [0.05, 0.1) is 6.10 Å². The number of carbonyl (C=O) groups is 3. The van der Waals surface area contributed by atoms with Crippen molar-refractivity contribution in [2.75, 3.05) is 26.8 Å². The van der Waals surface area contributed by atoms with Crippen molar-refractivity contribution in [3.8, 4) is 11.1 Å². The fraction of sp³-hybridized carbons (Fsp3) is 0.423. The predicted molar refractivity (Wildman–Crippen MR) is 123 cm³/mol. The summed E-state index contributed by atoms with van der Waals surface area (Å²) in [6.07, 6.45) is 0.0738. The fourth-order valence-electron chi connectivity index (χ4n) is 5.43. The zero-order chi connectivity index (χ0) is 23.8. The Balaban J connectivity index is 1.11. The molecule has 0 bridgehead atoms. The van der Waals surface area contributed by atoms with Crippen LogP contribution in [-0.2, 0) is 19.1 Å². The Hall–Kier alpha value is -3.39. The summed E-state index contributed by atoms with van der Waals surface area (Å²) in [5, 5.41) is 12.2. The van der Waals surface area contributed by atoms with Crippen molar-refractivity contribution in [1.82, 2.24) is 10.2 Å². The van der Waals surface area contributed by atoms with E-state index in [2.05, 4.69) is 29.6 Å². The van der Waals surface area contributed by atoms with Crippen LogP contribution < -0.4 is 5.32 Å². The van der Waals surface area contributed by atoms with E-state index in [1.807, 2.05) is 24.3 Å². The first-order chi connectivity index (χ1) is 16.5. The lowest BCUT2D eigenvalue weighted by Gasteiger charge is -2.36. The Kier molecular flexibility index (Phi) is 6.00. The monoisotopic (exact) mass is 464 g/mol. The summed E-state index contributed by atoms with van der Waals surface area (Å²) in [7, 11) is 1.46. The molecule has 1 aliphatic heterocycles. The molecule has 2 atom stereocenters. The molecular formula is C26H28N2O6. The maximum Gasteiger partial charge on any atom is 0.407 e. The quantitative estimate of drug-likeness (QED) is 0.681. The minimum absolute atomic E-state index is 0.0000511. The van der Waals surface area contributed by atoms with Gasteiger partial charge in [-0.2, -0.15) is 0 Å². The molecule has 1 saturated heterocycles. The van der Waals surface area contributed by atoms with Gasteiger partial charge in [-0.25, -0.2) is 4.79 Å². The average molecular weight is 465 g/mol. The molecule has 2 aliphatic carbocycles. The van der Waals surface area contributed by atoms with E-state index < -0.39 is 24.1 Å². The largest absolute Gasteiger partial charge is 0.481 e. The van der Waals surface area contributed by atoms with Crippen LogP contribution >= 0.6 is 0 Å². The van der Waals surface area contributed by atoms with Crippen molar-refractivity contribution < 1.29 is 29.0 Å². The summed E-state index contributed by atoms with van der Waals surface area (Å²) in [6, 6.07) is 16.2. The molecule has 178 valence electrons. The van der Waals surface area contributed by atoms with Crippen LogP contribution in [0.4, 0.5) is 4.79 Å². The van der Waals surface area contributed by atoms with Crippen molar-refractivity contribution in [1.29, 1.82) is 0 Å². The van der Waals surface area contributed by atoms with Gasteiger partial charge < -0.3 is 24.8 Å². The lowest BCUT2D eigenvalue weighted by atomic mass is 9.79. The van der Waals surface area contributed by atoms with E-state index in [-0.39, 0.29) is 43.5 Å². The minimum Gasteiger partial charge on any atom is -0.481 e. The fourth-order valence-corrected chi connectivity index (χ4v) is 5.43. The SMILES string of the molecule is COC1CN(C(=O)C2CC(NC(=O)OCC3c4ccccc4-c4ccccc43)C2)CC1C(=O)O. The molecule has 5 rings (SSSR count). The molecule has 0 radical (unpaired) electrons. The molecule has 1 heterocycles. The molecule has 34 heavy (non-hydrogen) atoms. The van der Waals surface area contributed by atoms with Crippen molar-refractivity contribution in [3.63, 3.8) is 0 Å².